The van der Waals surface area contributed by atoms with Crippen LogP contribution < -0.4 is 0 Å². The zero-order chi connectivity index (χ0) is 9.40. The Labute approximate surface area is 91.8 Å². The van der Waals surface area contributed by atoms with Crippen LogP contribution in [-0.2, 0) is 9.53 Å². The number of alkyl halides is 2. The average Bonchev–Trinajstić information content (AvgIpc) is 2.03. The van der Waals surface area contributed by atoms with Crippen molar-refractivity contribution in [3.05, 3.63) is 12.7 Å². The van der Waals surface area contributed by atoms with Crippen molar-refractivity contribution < 1.29 is 9.53 Å². The molecule has 0 amide bonds. The zero-order valence-corrected chi connectivity index (χ0v) is 11.3. The second-order valence-corrected chi connectivity index (χ2v) is 10.2. The monoisotopic (exact) mass is 314 g/mol. The van der Waals surface area contributed by atoms with E-state index in [1.54, 1.807) is 0 Å². The van der Waals surface area contributed by atoms with Crippen molar-refractivity contribution in [2.75, 3.05) is 6.61 Å². The predicted molar refractivity (Wildman–Crippen MR) is 60.8 cm³/mol. The molecule has 0 aromatic carbocycles. The molecule has 0 aliphatic rings. The quantitative estimate of drug-likeness (QED) is 0.245. The summed E-state index contributed by atoms with van der Waals surface area (Å²) in [6, 6.07) is 1.17. The third-order valence-corrected chi connectivity index (χ3v) is 5.32. The molecule has 0 N–H and O–H groups in total. The van der Waals surface area contributed by atoms with Crippen molar-refractivity contribution in [2.24, 2.45) is 0 Å². The van der Waals surface area contributed by atoms with Crippen LogP contribution in [0.5, 0.6) is 0 Å². The molecule has 0 aromatic heterocycles. The van der Waals surface area contributed by atoms with Crippen molar-refractivity contribution in [1.82, 2.24) is 0 Å². The molecular formula is C7H12Br2O2Si. The summed E-state index contributed by atoms with van der Waals surface area (Å²) in [5.41, 5.74) is 0. The summed E-state index contributed by atoms with van der Waals surface area (Å²) in [6.07, 6.45) is 2.15. The predicted octanol–water partition coefficient (Wildman–Crippen LogP) is 1.77. The molecule has 0 bridgehead atoms. The van der Waals surface area contributed by atoms with Gasteiger partial charge in [-0.25, -0.2) is 4.79 Å². The van der Waals surface area contributed by atoms with Gasteiger partial charge in [0.25, 0.3) is 0 Å². The molecule has 0 saturated carbocycles. The molecule has 0 spiro atoms. The van der Waals surface area contributed by atoms with Crippen LogP contribution in [0.3, 0.4) is 0 Å². The van der Waals surface area contributed by atoms with Crippen LogP contribution in [0.2, 0.25) is 6.04 Å². The fourth-order valence-electron chi connectivity index (χ4n) is 0.632. The normalized spacial score (nSPS) is 10.9. The molecule has 0 radical (unpaired) electrons. The molecule has 0 saturated heterocycles. The van der Waals surface area contributed by atoms with Crippen LogP contribution in [-0.4, -0.2) is 25.5 Å². The summed E-state index contributed by atoms with van der Waals surface area (Å²) in [5, 5.41) is 0. The topological polar surface area (TPSA) is 26.3 Å². The summed E-state index contributed by atoms with van der Waals surface area (Å²) in [7, 11) is -0.0889. The van der Waals surface area contributed by atoms with Gasteiger partial charge in [0.2, 0.25) is 0 Å². The zero-order valence-electron chi connectivity index (χ0n) is 6.76. The van der Waals surface area contributed by atoms with E-state index in [9.17, 15) is 4.79 Å². The van der Waals surface area contributed by atoms with Crippen molar-refractivity contribution in [3.8, 4) is 0 Å². The minimum atomic E-state index is -0.328. The Morgan fingerprint density at radius 3 is 2.83 bits per heavy atom. The van der Waals surface area contributed by atoms with Gasteiger partial charge in [-0.2, -0.15) is 0 Å². The van der Waals surface area contributed by atoms with E-state index in [0.717, 1.165) is 6.42 Å². The van der Waals surface area contributed by atoms with Crippen LogP contribution in [0.15, 0.2) is 12.7 Å². The van der Waals surface area contributed by atoms with E-state index in [1.165, 1.54) is 12.1 Å². The molecule has 0 aliphatic carbocycles. The van der Waals surface area contributed by atoms with Gasteiger partial charge in [-0.05, 0) is 6.42 Å². The lowest BCUT2D eigenvalue weighted by atomic mass is 10.5. The van der Waals surface area contributed by atoms with Gasteiger partial charge >= 0.3 is 5.97 Å². The SMILES string of the molecule is C=CC(=O)OCCC[SiH2]C(Br)Br. The maximum Gasteiger partial charge on any atom is 0.330 e. The van der Waals surface area contributed by atoms with E-state index in [4.69, 9.17) is 4.74 Å². The van der Waals surface area contributed by atoms with E-state index in [1.807, 2.05) is 0 Å². The van der Waals surface area contributed by atoms with Gasteiger partial charge in [-0.15, -0.1) is 0 Å². The number of rotatable bonds is 6. The number of hydrogen-bond acceptors (Lipinski definition) is 2. The highest BCUT2D eigenvalue weighted by Gasteiger charge is 1.99. The molecule has 5 heteroatoms. The van der Waals surface area contributed by atoms with Gasteiger partial charge in [-0.1, -0.05) is 44.5 Å². The summed E-state index contributed by atoms with van der Waals surface area (Å²) >= 11 is 6.85. The number of hydrogen-bond donors (Lipinski definition) is 0. The molecule has 0 heterocycles. The highest BCUT2D eigenvalue weighted by molar-refractivity contribution is 9.25. The van der Waals surface area contributed by atoms with Gasteiger partial charge in [0.05, 0.1) is 19.5 Å². The lowest BCUT2D eigenvalue weighted by Crippen LogP contribution is -2.05. The first-order valence-corrected chi connectivity index (χ1v) is 7.39. The minimum Gasteiger partial charge on any atom is -0.463 e. The highest BCUT2D eigenvalue weighted by atomic mass is 79.9. The van der Waals surface area contributed by atoms with E-state index < -0.39 is 0 Å². The number of ether oxygens (including phenoxy) is 1. The van der Waals surface area contributed by atoms with Gasteiger partial charge in [0, 0.05) is 6.08 Å². The second kappa shape index (κ2) is 8.01. The van der Waals surface area contributed by atoms with E-state index in [-0.39, 0.29) is 15.5 Å². The fraction of sp³-hybridized carbons (Fsp3) is 0.571. The highest BCUT2D eigenvalue weighted by Crippen LogP contribution is 2.08. The second-order valence-electron chi connectivity index (χ2n) is 2.26. The molecular weight excluding hydrogens is 304 g/mol. The Bertz CT molecular complexity index is 150. The average molecular weight is 316 g/mol. The Morgan fingerprint density at radius 2 is 2.33 bits per heavy atom. The molecule has 70 valence electrons. The van der Waals surface area contributed by atoms with E-state index in [2.05, 4.69) is 38.4 Å². The van der Waals surface area contributed by atoms with Crippen LogP contribution in [0.1, 0.15) is 6.42 Å². The molecule has 0 atom stereocenters. The largest absolute Gasteiger partial charge is 0.463 e. The Hall–Kier alpha value is 0.387. The van der Waals surface area contributed by atoms with Crippen molar-refractivity contribution in [1.29, 1.82) is 0 Å². The molecule has 0 aliphatic heterocycles. The number of carbonyl (C=O) groups is 1. The maximum atomic E-state index is 10.6. The van der Waals surface area contributed by atoms with Crippen molar-refractivity contribution in [2.45, 2.75) is 15.8 Å². The lowest BCUT2D eigenvalue weighted by molar-refractivity contribution is -0.137. The number of carbonyl (C=O) groups excluding carboxylic acids is 1. The molecule has 0 rings (SSSR count). The van der Waals surface area contributed by atoms with Crippen LogP contribution in [0.4, 0.5) is 0 Å². The molecule has 0 fully saturated rings. The van der Waals surface area contributed by atoms with Gasteiger partial charge in [0.1, 0.15) is 0 Å². The van der Waals surface area contributed by atoms with Crippen LogP contribution in [0, 0.1) is 0 Å². The third-order valence-electron chi connectivity index (χ3n) is 1.23. The van der Waals surface area contributed by atoms with Crippen LogP contribution >= 0.6 is 31.9 Å². The Balaban J connectivity index is 3.11. The van der Waals surface area contributed by atoms with Gasteiger partial charge in [0.15, 0.2) is 0 Å². The molecule has 2 nitrogen and oxygen atoms in total. The summed E-state index contributed by atoms with van der Waals surface area (Å²) in [6.45, 7) is 3.83. The van der Waals surface area contributed by atoms with E-state index >= 15 is 0 Å². The lowest BCUT2D eigenvalue weighted by Gasteiger charge is -2.01. The summed E-state index contributed by atoms with van der Waals surface area (Å²) in [5.74, 6) is -0.328. The van der Waals surface area contributed by atoms with Crippen molar-refractivity contribution in [3.63, 3.8) is 0 Å². The first kappa shape index (κ1) is 12.4. The molecule has 0 aromatic rings. The summed E-state index contributed by atoms with van der Waals surface area (Å²) in [4.78, 5) is 10.6. The Morgan fingerprint density at radius 1 is 1.67 bits per heavy atom. The molecule has 0 unspecified atom stereocenters. The fourth-order valence-corrected chi connectivity index (χ4v) is 3.38. The van der Waals surface area contributed by atoms with Crippen LogP contribution in [0.25, 0.3) is 0 Å². The third kappa shape index (κ3) is 8.48. The van der Waals surface area contributed by atoms with Gasteiger partial charge in [-0.3, -0.25) is 0 Å². The molecule has 12 heavy (non-hydrogen) atoms. The Kier molecular flexibility index (Phi) is 8.26. The summed E-state index contributed by atoms with van der Waals surface area (Å²) < 4.78 is 5.31. The van der Waals surface area contributed by atoms with E-state index in [0.29, 0.717) is 9.97 Å². The number of halogens is 2. The van der Waals surface area contributed by atoms with Gasteiger partial charge < -0.3 is 4.74 Å². The smallest absolute Gasteiger partial charge is 0.330 e. The minimum absolute atomic E-state index is 0.0889. The number of esters is 1. The van der Waals surface area contributed by atoms with Crippen molar-refractivity contribution >= 4 is 47.3 Å². The first-order valence-electron chi connectivity index (χ1n) is 3.74. The standard InChI is InChI=1S/C7H12Br2O2Si/c1-2-6(10)11-4-3-5-12-7(8)9/h2,7H,1,3-5,12H2. The maximum absolute atomic E-state index is 10.6. The first-order chi connectivity index (χ1) is 5.66.